The van der Waals surface area contributed by atoms with Gasteiger partial charge in [-0.1, -0.05) is 24.3 Å². The lowest BCUT2D eigenvalue weighted by Gasteiger charge is -2.17. The lowest BCUT2D eigenvalue weighted by molar-refractivity contribution is -0.140. The van der Waals surface area contributed by atoms with Gasteiger partial charge >= 0.3 is 6.18 Å². The monoisotopic (exact) mass is 415 g/mol. The van der Waals surface area contributed by atoms with Crippen LogP contribution in [0.5, 0.6) is 11.5 Å². The Labute approximate surface area is 166 Å². The Balaban J connectivity index is 0.00000280. The number of halogens is 4. The van der Waals surface area contributed by atoms with E-state index < -0.39 is 29.0 Å². The predicted molar refractivity (Wildman–Crippen MR) is 101 cm³/mol. The van der Waals surface area contributed by atoms with Crippen molar-refractivity contribution in [2.75, 3.05) is 0 Å². The van der Waals surface area contributed by atoms with E-state index in [1.165, 1.54) is 6.07 Å². The number of Topliss-reactive ketones (excluding diaryl/α,β-unsaturated/α-hetero) is 1. The largest absolute Gasteiger partial charge is 0.506 e. The smallest absolute Gasteiger partial charge is 0.423 e. The van der Waals surface area contributed by atoms with Crippen LogP contribution in [0, 0.1) is 5.92 Å². The number of alkyl halides is 3. The van der Waals surface area contributed by atoms with Crippen molar-refractivity contribution in [3.8, 4) is 11.5 Å². The number of phenolic OH excluding ortho intramolecular Hbond substituents is 1. The van der Waals surface area contributed by atoms with Crippen LogP contribution in [0.3, 0.4) is 0 Å². The van der Waals surface area contributed by atoms with Gasteiger partial charge in [-0.3, -0.25) is 4.79 Å². The highest BCUT2D eigenvalue weighted by molar-refractivity contribution is 5.99. The molecule has 0 amide bonds. The summed E-state index contributed by atoms with van der Waals surface area (Å²) < 4.78 is 45.8. The van der Waals surface area contributed by atoms with Crippen LogP contribution in [0.4, 0.5) is 13.2 Å². The molecule has 0 bridgehead atoms. The standard InChI is InChI=1S/C20H20F3NO3.ClH/c21-20(22,23)18-17(27-11-14-5-3-13(10-24)4-6-14)8-7-15(19(18)26)16(25)9-12-1-2-12;/h3-8,12,26H,1-2,9-11,24H2;1H. The van der Waals surface area contributed by atoms with Crippen molar-refractivity contribution in [1.82, 2.24) is 0 Å². The molecule has 152 valence electrons. The maximum absolute atomic E-state index is 13.5. The van der Waals surface area contributed by atoms with Crippen molar-refractivity contribution in [2.24, 2.45) is 11.7 Å². The molecule has 28 heavy (non-hydrogen) atoms. The van der Waals surface area contributed by atoms with Crippen molar-refractivity contribution in [2.45, 2.75) is 38.6 Å². The molecule has 0 atom stereocenters. The van der Waals surface area contributed by atoms with Crippen LogP contribution in [0.15, 0.2) is 36.4 Å². The van der Waals surface area contributed by atoms with Gasteiger partial charge in [0.2, 0.25) is 0 Å². The number of benzene rings is 2. The molecule has 4 nitrogen and oxygen atoms in total. The Morgan fingerprint density at radius 2 is 1.71 bits per heavy atom. The van der Waals surface area contributed by atoms with Crippen LogP contribution in [0.25, 0.3) is 0 Å². The van der Waals surface area contributed by atoms with Crippen LogP contribution in [0.1, 0.15) is 46.3 Å². The summed E-state index contributed by atoms with van der Waals surface area (Å²) in [6.45, 7) is 0.256. The summed E-state index contributed by atoms with van der Waals surface area (Å²) in [6, 6.07) is 9.24. The third kappa shape index (κ3) is 5.17. The maximum atomic E-state index is 13.5. The number of aromatic hydroxyl groups is 1. The van der Waals surface area contributed by atoms with E-state index >= 15 is 0 Å². The van der Waals surface area contributed by atoms with Crippen LogP contribution in [-0.2, 0) is 19.3 Å². The average Bonchev–Trinajstić information content (AvgIpc) is 3.43. The minimum absolute atomic E-state index is 0. The van der Waals surface area contributed by atoms with Crippen molar-refractivity contribution in [3.63, 3.8) is 0 Å². The normalized spacial score (nSPS) is 13.7. The number of nitrogens with two attached hydrogens (primary N) is 1. The molecule has 0 unspecified atom stereocenters. The first-order chi connectivity index (χ1) is 12.8. The molecule has 1 saturated carbocycles. The zero-order valence-corrected chi connectivity index (χ0v) is 15.8. The molecule has 0 saturated heterocycles. The molecule has 2 aromatic carbocycles. The lowest BCUT2D eigenvalue weighted by Crippen LogP contribution is -2.12. The van der Waals surface area contributed by atoms with E-state index in [4.69, 9.17) is 10.5 Å². The first kappa shape index (κ1) is 22.0. The number of carbonyl (C=O) groups excluding carboxylic acids is 1. The van der Waals surface area contributed by atoms with E-state index in [-0.39, 0.29) is 36.9 Å². The second kappa shape index (κ2) is 8.84. The fraction of sp³-hybridized carbons (Fsp3) is 0.350. The summed E-state index contributed by atoms with van der Waals surface area (Å²) in [7, 11) is 0. The van der Waals surface area contributed by atoms with E-state index in [0.717, 1.165) is 24.5 Å². The summed E-state index contributed by atoms with van der Waals surface area (Å²) in [5.41, 5.74) is 5.44. The molecule has 0 heterocycles. The van der Waals surface area contributed by atoms with Crippen LogP contribution in [0.2, 0.25) is 0 Å². The molecule has 0 radical (unpaired) electrons. The summed E-state index contributed by atoms with van der Waals surface area (Å²) in [6.07, 6.45) is -2.91. The summed E-state index contributed by atoms with van der Waals surface area (Å²) in [4.78, 5) is 12.2. The molecule has 0 aromatic heterocycles. The van der Waals surface area contributed by atoms with Crippen molar-refractivity contribution < 1.29 is 27.8 Å². The maximum Gasteiger partial charge on any atom is 0.423 e. The highest BCUT2D eigenvalue weighted by Crippen LogP contribution is 2.45. The Morgan fingerprint density at radius 3 is 2.25 bits per heavy atom. The number of ketones is 1. The summed E-state index contributed by atoms with van der Waals surface area (Å²) >= 11 is 0. The molecule has 1 aliphatic carbocycles. The number of hydrogen-bond acceptors (Lipinski definition) is 4. The van der Waals surface area contributed by atoms with Gasteiger partial charge in [0.05, 0.1) is 5.56 Å². The van der Waals surface area contributed by atoms with E-state index in [1.807, 2.05) is 0 Å². The molecule has 3 rings (SSSR count). The molecule has 3 N–H and O–H groups in total. The Morgan fingerprint density at radius 1 is 1.11 bits per heavy atom. The molecular formula is C20H21ClF3NO3. The van der Waals surface area contributed by atoms with Gasteiger partial charge in [-0.2, -0.15) is 13.2 Å². The van der Waals surface area contributed by atoms with Crippen LogP contribution in [-0.4, -0.2) is 10.9 Å². The van der Waals surface area contributed by atoms with Crippen molar-refractivity contribution in [1.29, 1.82) is 0 Å². The minimum atomic E-state index is -4.85. The van der Waals surface area contributed by atoms with Gasteiger partial charge in [-0.05, 0) is 42.0 Å². The zero-order valence-electron chi connectivity index (χ0n) is 15.0. The van der Waals surface area contributed by atoms with Gasteiger partial charge in [0.25, 0.3) is 0 Å². The Bertz CT molecular complexity index is 834. The summed E-state index contributed by atoms with van der Waals surface area (Å²) in [5, 5.41) is 10.1. The second-order valence-corrected chi connectivity index (χ2v) is 6.71. The topological polar surface area (TPSA) is 72.5 Å². The third-order valence-electron chi connectivity index (χ3n) is 4.55. The molecular weight excluding hydrogens is 395 g/mol. The van der Waals surface area contributed by atoms with Gasteiger partial charge < -0.3 is 15.6 Å². The van der Waals surface area contributed by atoms with Gasteiger partial charge in [0, 0.05) is 13.0 Å². The Hall–Kier alpha value is -2.25. The van der Waals surface area contributed by atoms with E-state index in [0.29, 0.717) is 12.1 Å². The van der Waals surface area contributed by atoms with Crippen molar-refractivity contribution >= 4 is 18.2 Å². The molecule has 1 fully saturated rings. The highest BCUT2D eigenvalue weighted by atomic mass is 35.5. The average molecular weight is 416 g/mol. The van der Waals surface area contributed by atoms with Gasteiger partial charge in [0.1, 0.15) is 23.7 Å². The van der Waals surface area contributed by atoms with Gasteiger partial charge in [0.15, 0.2) is 5.78 Å². The molecule has 8 heteroatoms. The minimum Gasteiger partial charge on any atom is -0.506 e. The number of phenols is 1. The number of ether oxygens (including phenoxy) is 1. The van der Waals surface area contributed by atoms with E-state index in [2.05, 4.69) is 0 Å². The van der Waals surface area contributed by atoms with Gasteiger partial charge in [-0.15, -0.1) is 12.4 Å². The third-order valence-corrected chi connectivity index (χ3v) is 4.55. The number of carbonyl (C=O) groups is 1. The SMILES string of the molecule is Cl.NCc1ccc(COc2ccc(C(=O)CC3CC3)c(O)c2C(F)(F)F)cc1. The molecule has 1 aliphatic rings. The number of rotatable bonds is 7. The van der Waals surface area contributed by atoms with Crippen molar-refractivity contribution in [3.05, 3.63) is 58.7 Å². The number of hydrogen-bond donors (Lipinski definition) is 2. The lowest BCUT2D eigenvalue weighted by atomic mass is 10.0. The fourth-order valence-electron chi connectivity index (χ4n) is 2.82. The first-order valence-electron chi connectivity index (χ1n) is 8.66. The van der Waals surface area contributed by atoms with Crippen LogP contribution >= 0.6 is 12.4 Å². The first-order valence-corrected chi connectivity index (χ1v) is 8.66. The predicted octanol–water partition coefficient (Wildman–Crippen LogP) is 4.85. The quantitative estimate of drug-likeness (QED) is 0.634. The fourth-order valence-corrected chi connectivity index (χ4v) is 2.82. The zero-order chi connectivity index (χ0) is 19.6. The van der Waals surface area contributed by atoms with E-state index in [9.17, 15) is 23.1 Å². The van der Waals surface area contributed by atoms with E-state index in [1.54, 1.807) is 24.3 Å². The molecule has 0 spiro atoms. The van der Waals surface area contributed by atoms with Crippen LogP contribution < -0.4 is 10.5 Å². The second-order valence-electron chi connectivity index (χ2n) is 6.71. The molecule has 2 aromatic rings. The van der Waals surface area contributed by atoms with Gasteiger partial charge in [-0.25, -0.2) is 0 Å². The molecule has 0 aliphatic heterocycles. The Kier molecular flexibility index (Phi) is 6.96. The highest BCUT2D eigenvalue weighted by Gasteiger charge is 2.40. The summed E-state index contributed by atoms with van der Waals surface area (Å²) in [5.74, 6) is -1.85.